The Labute approximate surface area is 157 Å². The van der Waals surface area contributed by atoms with Gasteiger partial charge in [0.1, 0.15) is 11.6 Å². The first-order valence-corrected chi connectivity index (χ1v) is 7.89. The van der Waals surface area contributed by atoms with E-state index in [-0.39, 0.29) is 17.6 Å². The first-order chi connectivity index (χ1) is 12.8. The molecule has 0 aliphatic rings. The molecular weight excluding hydrogens is 340 g/mol. The van der Waals surface area contributed by atoms with Gasteiger partial charge in [-0.05, 0) is 49.3 Å². The van der Waals surface area contributed by atoms with Crippen molar-refractivity contribution in [1.29, 1.82) is 10.5 Å². The van der Waals surface area contributed by atoms with Gasteiger partial charge in [-0.3, -0.25) is 0 Å². The molecular formula is C20H18N6O. The van der Waals surface area contributed by atoms with Crippen LogP contribution in [0.15, 0.2) is 54.8 Å². The van der Waals surface area contributed by atoms with Crippen LogP contribution in [0.4, 0.5) is 11.8 Å². The first kappa shape index (κ1) is 19.2. The minimum atomic E-state index is 0.200. The van der Waals surface area contributed by atoms with E-state index in [0.717, 1.165) is 11.1 Å². The lowest BCUT2D eigenvalue weighted by molar-refractivity contribution is 0.456. The SMILES string of the molecule is C=C(C#N)/C=C\C(=C)Nc1nc(N)cc(Oc2c(C)cc(C#N)cc2C)n1. The number of anilines is 2. The van der Waals surface area contributed by atoms with Crippen molar-refractivity contribution < 1.29 is 4.74 Å². The van der Waals surface area contributed by atoms with Crippen LogP contribution in [0.3, 0.4) is 0 Å². The summed E-state index contributed by atoms with van der Waals surface area (Å²) in [4.78, 5) is 8.35. The second-order valence-corrected chi connectivity index (χ2v) is 5.73. The predicted molar refractivity (Wildman–Crippen MR) is 104 cm³/mol. The van der Waals surface area contributed by atoms with E-state index in [0.29, 0.717) is 22.6 Å². The molecule has 0 radical (unpaired) electrons. The Bertz CT molecular complexity index is 1000. The Balaban J connectivity index is 2.25. The molecule has 1 aromatic heterocycles. The van der Waals surface area contributed by atoms with Crippen LogP contribution in [0.25, 0.3) is 0 Å². The van der Waals surface area contributed by atoms with E-state index in [1.807, 2.05) is 19.9 Å². The maximum absolute atomic E-state index is 9.04. The maximum atomic E-state index is 9.04. The Kier molecular flexibility index (Phi) is 5.93. The van der Waals surface area contributed by atoms with Crippen molar-refractivity contribution in [3.8, 4) is 23.8 Å². The van der Waals surface area contributed by atoms with E-state index in [2.05, 4.69) is 34.5 Å². The Morgan fingerprint density at radius 3 is 2.41 bits per heavy atom. The topological polar surface area (TPSA) is 121 Å². The molecule has 134 valence electrons. The number of hydrogen-bond acceptors (Lipinski definition) is 7. The molecule has 0 aliphatic carbocycles. The summed E-state index contributed by atoms with van der Waals surface area (Å²) in [6.45, 7) is 11.1. The monoisotopic (exact) mass is 358 g/mol. The Hall–Kier alpha value is -4.10. The second kappa shape index (κ2) is 8.32. The third-order valence-electron chi connectivity index (χ3n) is 3.42. The number of benzene rings is 1. The number of nitrogens with two attached hydrogens (primary N) is 1. The van der Waals surface area contributed by atoms with Crippen LogP contribution in [-0.4, -0.2) is 9.97 Å². The summed E-state index contributed by atoms with van der Waals surface area (Å²) in [6, 6.07) is 8.99. The molecule has 7 nitrogen and oxygen atoms in total. The smallest absolute Gasteiger partial charge is 0.232 e. The normalized spacial score (nSPS) is 10.1. The summed E-state index contributed by atoms with van der Waals surface area (Å²) in [5, 5.41) is 20.6. The minimum absolute atomic E-state index is 0.200. The van der Waals surface area contributed by atoms with Crippen LogP contribution in [0.5, 0.6) is 11.6 Å². The molecule has 0 aliphatic heterocycles. The highest BCUT2D eigenvalue weighted by Crippen LogP contribution is 2.30. The number of hydrogen-bond donors (Lipinski definition) is 2. The van der Waals surface area contributed by atoms with Crippen LogP contribution in [0, 0.1) is 36.5 Å². The van der Waals surface area contributed by atoms with Crippen molar-refractivity contribution in [2.75, 3.05) is 11.1 Å². The van der Waals surface area contributed by atoms with E-state index in [1.165, 1.54) is 12.1 Å². The van der Waals surface area contributed by atoms with Gasteiger partial charge < -0.3 is 15.8 Å². The number of nitriles is 2. The number of nitrogens with zero attached hydrogens (tertiary/aromatic N) is 4. The lowest BCUT2D eigenvalue weighted by Crippen LogP contribution is -2.05. The molecule has 0 amide bonds. The molecule has 1 aromatic carbocycles. The van der Waals surface area contributed by atoms with Gasteiger partial charge in [0, 0.05) is 17.3 Å². The highest BCUT2D eigenvalue weighted by molar-refractivity contribution is 5.51. The molecule has 0 fully saturated rings. The molecule has 7 heteroatoms. The van der Waals surface area contributed by atoms with Crippen molar-refractivity contribution in [2.45, 2.75) is 13.8 Å². The average molecular weight is 358 g/mol. The fourth-order valence-corrected chi connectivity index (χ4v) is 2.26. The number of allylic oxidation sites excluding steroid dienone is 3. The summed E-state index contributed by atoms with van der Waals surface area (Å²) in [5.41, 5.74) is 8.75. The van der Waals surface area contributed by atoms with Gasteiger partial charge >= 0.3 is 0 Å². The molecule has 2 aromatic rings. The fraction of sp³-hybridized carbons (Fsp3) is 0.100. The van der Waals surface area contributed by atoms with Crippen LogP contribution in [0.1, 0.15) is 16.7 Å². The second-order valence-electron chi connectivity index (χ2n) is 5.73. The zero-order valence-corrected chi connectivity index (χ0v) is 15.1. The third kappa shape index (κ3) is 5.18. The van der Waals surface area contributed by atoms with E-state index in [9.17, 15) is 0 Å². The summed E-state index contributed by atoms with van der Waals surface area (Å²) in [6.07, 6.45) is 3.09. The number of ether oxygens (including phenoxy) is 1. The van der Waals surface area contributed by atoms with Crippen molar-refractivity contribution in [3.63, 3.8) is 0 Å². The molecule has 3 N–H and O–H groups in total. The van der Waals surface area contributed by atoms with Crippen molar-refractivity contribution in [3.05, 3.63) is 71.5 Å². The van der Waals surface area contributed by atoms with Gasteiger partial charge in [-0.15, -0.1) is 0 Å². The molecule has 0 bridgehead atoms. The maximum Gasteiger partial charge on any atom is 0.232 e. The van der Waals surface area contributed by atoms with E-state index in [4.69, 9.17) is 21.0 Å². The Morgan fingerprint density at radius 1 is 1.15 bits per heavy atom. The molecule has 1 heterocycles. The van der Waals surface area contributed by atoms with Crippen LogP contribution in [-0.2, 0) is 0 Å². The average Bonchev–Trinajstić information content (AvgIpc) is 2.62. The van der Waals surface area contributed by atoms with E-state index in [1.54, 1.807) is 18.2 Å². The van der Waals surface area contributed by atoms with Crippen molar-refractivity contribution >= 4 is 11.8 Å². The zero-order chi connectivity index (χ0) is 20.0. The number of rotatable bonds is 6. The zero-order valence-electron chi connectivity index (χ0n) is 15.1. The van der Waals surface area contributed by atoms with Crippen LogP contribution < -0.4 is 15.8 Å². The van der Waals surface area contributed by atoms with Gasteiger partial charge in [0.2, 0.25) is 11.8 Å². The molecule has 0 spiro atoms. The van der Waals surface area contributed by atoms with Gasteiger partial charge in [-0.25, -0.2) is 0 Å². The highest BCUT2D eigenvalue weighted by atomic mass is 16.5. The number of nitrogen functional groups attached to an aromatic ring is 1. The predicted octanol–water partition coefficient (Wildman–Crippen LogP) is 3.90. The van der Waals surface area contributed by atoms with Crippen LogP contribution >= 0.6 is 0 Å². The Morgan fingerprint density at radius 2 is 1.81 bits per heavy atom. The molecule has 0 atom stereocenters. The van der Waals surface area contributed by atoms with E-state index >= 15 is 0 Å². The summed E-state index contributed by atoms with van der Waals surface area (Å²) in [7, 11) is 0. The lowest BCUT2D eigenvalue weighted by Gasteiger charge is -2.13. The van der Waals surface area contributed by atoms with E-state index < -0.39 is 0 Å². The molecule has 27 heavy (non-hydrogen) atoms. The lowest BCUT2D eigenvalue weighted by atomic mass is 10.1. The highest BCUT2D eigenvalue weighted by Gasteiger charge is 2.11. The fourth-order valence-electron chi connectivity index (χ4n) is 2.26. The number of aryl methyl sites for hydroxylation is 2. The summed E-state index contributed by atoms with van der Waals surface area (Å²) in [5.74, 6) is 1.26. The largest absolute Gasteiger partial charge is 0.438 e. The van der Waals surface area contributed by atoms with Crippen LogP contribution in [0.2, 0.25) is 0 Å². The van der Waals surface area contributed by atoms with Gasteiger partial charge in [0.15, 0.2) is 0 Å². The number of nitrogens with one attached hydrogen (secondary N) is 1. The van der Waals surface area contributed by atoms with Crippen molar-refractivity contribution in [2.24, 2.45) is 0 Å². The standard InChI is InChI=1S/C20H18N6O/c1-12(10-21)5-6-15(4)24-20-25-17(23)9-18(26-20)27-19-13(2)7-16(11-22)8-14(19)3/h5-9H,1,4H2,2-3H3,(H3,23,24,25,26)/b6-5-. The minimum Gasteiger partial charge on any atom is -0.438 e. The van der Waals surface area contributed by atoms with Gasteiger partial charge in [0.05, 0.1) is 17.7 Å². The number of aromatic nitrogens is 2. The molecule has 0 saturated carbocycles. The molecule has 0 saturated heterocycles. The molecule has 0 unspecified atom stereocenters. The summed E-state index contributed by atoms with van der Waals surface area (Å²) >= 11 is 0. The quantitative estimate of drug-likeness (QED) is 0.593. The third-order valence-corrected chi connectivity index (χ3v) is 3.42. The van der Waals surface area contributed by atoms with Crippen molar-refractivity contribution in [1.82, 2.24) is 9.97 Å². The van der Waals surface area contributed by atoms with Gasteiger partial charge in [0.25, 0.3) is 0 Å². The summed E-state index contributed by atoms with van der Waals surface area (Å²) < 4.78 is 5.87. The first-order valence-electron chi connectivity index (χ1n) is 7.89. The van der Waals surface area contributed by atoms with Gasteiger partial charge in [-0.1, -0.05) is 13.2 Å². The van der Waals surface area contributed by atoms with Gasteiger partial charge in [-0.2, -0.15) is 20.5 Å². The molecule has 2 rings (SSSR count).